The van der Waals surface area contributed by atoms with E-state index in [9.17, 15) is 22.4 Å². The van der Waals surface area contributed by atoms with Crippen LogP contribution in [0.1, 0.15) is 28.7 Å². The number of carbonyl (C=O) groups is 1. The third-order valence-corrected chi connectivity index (χ3v) is 4.04. The number of hydrogen-bond donors (Lipinski definition) is 1. The molecule has 0 spiro atoms. The summed E-state index contributed by atoms with van der Waals surface area (Å²) in [6, 6.07) is 5.70. The third-order valence-electron chi connectivity index (χ3n) is 3.75. The van der Waals surface area contributed by atoms with Crippen molar-refractivity contribution < 1.29 is 22.4 Å². The number of benzene rings is 1. The van der Waals surface area contributed by atoms with Gasteiger partial charge in [0.1, 0.15) is 17.2 Å². The Morgan fingerprint density at radius 2 is 2.00 bits per heavy atom. The predicted molar refractivity (Wildman–Crippen MR) is 88.9 cm³/mol. The van der Waals surface area contributed by atoms with Gasteiger partial charge in [-0.1, -0.05) is 18.5 Å². The van der Waals surface area contributed by atoms with Crippen molar-refractivity contribution in [3.63, 3.8) is 0 Å². The normalized spacial score (nSPS) is 11.8. The molecule has 0 saturated heterocycles. The maximum absolute atomic E-state index is 13.2. The van der Waals surface area contributed by atoms with Crippen molar-refractivity contribution in [2.24, 2.45) is 0 Å². The van der Waals surface area contributed by atoms with Gasteiger partial charge in [-0.3, -0.25) is 9.20 Å². The molecule has 0 bridgehead atoms. The second kappa shape index (κ2) is 6.60. The number of carbonyl (C=O) groups excluding carboxylic acids is 1. The van der Waals surface area contributed by atoms with E-state index < -0.39 is 23.5 Å². The van der Waals surface area contributed by atoms with Crippen LogP contribution in [0.4, 0.5) is 23.2 Å². The molecule has 3 rings (SSSR count). The van der Waals surface area contributed by atoms with Gasteiger partial charge in [0, 0.05) is 11.9 Å². The Balaban J connectivity index is 2.06. The van der Waals surface area contributed by atoms with Gasteiger partial charge in [-0.2, -0.15) is 13.2 Å². The number of pyridine rings is 1. The molecule has 2 heterocycles. The first-order valence-electron chi connectivity index (χ1n) is 7.55. The maximum Gasteiger partial charge on any atom is 0.417 e. The van der Waals surface area contributed by atoms with Crippen LogP contribution in [0.2, 0.25) is 5.02 Å². The minimum absolute atomic E-state index is 0.0194. The van der Waals surface area contributed by atoms with Crippen LogP contribution < -0.4 is 5.32 Å². The molecular formula is C17H12ClF4N3O. The standard InChI is InChI=1S/C17H12ClF4N3O/c1-2-13-15(16(26)23-10-4-5-12(19)11(18)7-10)25-8-9(17(20,21)22)3-6-14(25)24-13/h3-8H,2H2,1H3,(H,23,26). The first-order valence-corrected chi connectivity index (χ1v) is 7.93. The molecule has 2 aromatic heterocycles. The summed E-state index contributed by atoms with van der Waals surface area (Å²) in [5.74, 6) is -1.32. The van der Waals surface area contributed by atoms with Gasteiger partial charge in [0.25, 0.3) is 5.91 Å². The van der Waals surface area contributed by atoms with Crippen LogP contribution in [0.25, 0.3) is 5.65 Å². The number of imidazole rings is 1. The summed E-state index contributed by atoms with van der Waals surface area (Å²) in [5, 5.41) is 2.32. The molecule has 0 atom stereocenters. The summed E-state index contributed by atoms with van der Waals surface area (Å²) in [6.07, 6.45) is -3.38. The molecule has 0 aliphatic rings. The zero-order valence-corrected chi connectivity index (χ0v) is 14.1. The third kappa shape index (κ3) is 3.37. The molecule has 136 valence electrons. The molecule has 1 aromatic carbocycles. The summed E-state index contributed by atoms with van der Waals surface area (Å²) >= 11 is 5.68. The number of aromatic nitrogens is 2. The monoisotopic (exact) mass is 385 g/mol. The Hall–Kier alpha value is -2.61. The molecule has 4 nitrogen and oxygen atoms in total. The van der Waals surface area contributed by atoms with Crippen molar-refractivity contribution in [2.75, 3.05) is 5.32 Å². The van der Waals surface area contributed by atoms with E-state index >= 15 is 0 Å². The molecule has 1 N–H and O–H groups in total. The summed E-state index contributed by atoms with van der Waals surface area (Å²) < 4.78 is 53.3. The van der Waals surface area contributed by atoms with E-state index in [-0.39, 0.29) is 22.1 Å². The minimum atomic E-state index is -4.55. The van der Waals surface area contributed by atoms with Crippen molar-refractivity contribution in [3.8, 4) is 0 Å². The summed E-state index contributed by atoms with van der Waals surface area (Å²) in [7, 11) is 0. The minimum Gasteiger partial charge on any atom is -0.321 e. The van der Waals surface area contributed by atoms with Crippen molar-refractivity contribution in [1.29, 1.82) is 0 Å². The molecule has 0 saturated carbocycles. The van der Waals surface area contributed by atoms with E-state index in [4.69, 9.17) is 11.6 Å². The smallest absolute Gasteiger partial charge is 0.321 e. The van der Waals surface area contributed by atoms with Crippen molar-refractivity contribution in [1.82, 2.24) is 9.38 Å². The molecule has 9 heteroatoms. The largest absolute Gasteiger partial charge is 0.417 e. The number of hydrogen-bond acceptors (Lipinski definition) is 2. The lowest BCUT2D eigenvalue weighted by atomic mass is 10.2. The molecule has 0 aliphatic carbocycles. The van der Waals surface area contributed by atoms with E-state index in [1.54, 1.807) is 6.92 Å². The van der Waals surface area contributed by atoms with Gasteiger partial charge in [-0.15, -0.1) is 0 Å². The molecule has 0 unspecified atom stereocenters. The molecule has 0 aliphatic heterocycles. The fraction of sp³-hybridized carbons (Fsp3) is 0.176. The van der Waals surface area contributed by atoms with E-state index in [0.717, 1.165) is 22.7 Å². The number of nitrogens with one attached hydrogen (secondary N) is 1. The average molecular weight is 386 g/mol. The van der Waals surface area contributed by atoms with E-state index in [1.807, 2.05) is 0 Å². The van der Waals surface area contributed by atoms with Gasteiger partial charge in [0.05, 0.1) is 16.3 Å². The van der Waals surface area contributed by atoms with Crippen LogP contribution in [0.3, 0.4) is 0 Å². The highest BCUT2D eigenvalue weighted by Crippen LogP contribution is 2.30. The summed E-state index contributed by atoms with van der Waals surface area (Å²) in [6.45, 7) is 1.73. The van der Waals surface area contributed by atoms with Gasteiger partial charge in [0.15, 0.2) is 0 Å². The zero-order chi connectivity index (χ0) is 19.1. The molecule has 26 heavy (non-hydrogen) atoms. The maximum atomic E-state index is 13.2. The van der Waals surface area contributed by atoms with Gasteiger partial charge >= 0.3 is 6.18 Å². The molecule has 0 radical (unpaired) electrons. The highest BCUT2D eigenvalue weighted by atomic mass is 35.5. The number of amides is 1. The summed E-state index contributed by atoms with van der Waals surface area (Å²) in [5.41, 5.74) is -0.143. The Labute approximate surface area is 150 Å². The lowest BCUT2D eigenvalue weighted by molar-refractivity contribution is -0.137. The van der Waals surface area contributed by atoms with E-state index in [2.05, 4.69) is 10.3 Å². The van der Waals surface area contributed by atoms with Crippen molar-refractivity contribution >= 4 is 28.8 Å². The Morgan fingerprint density at radius 3 is 2.62 bits per heavy atom. The number of fused-ring (bicyclic) bond motifs is 1. The van der Waals surface area contributed by atoms with Crippen LogP contribution in [0, 0.1) is 5.82 Å². The van der Waals surface area contributed by atoms with Crippen LogP contribution >= 0.6 is 11.6 Å². The van der Waals surface area contributed by atoms with E-state index in [0.29, 0.717) is 12.1 Å². The number of rotatable bonds is 3. The fourth-order valence-corrected chi connectivity index (χ4v) is 2.69. The Morgan fingerprint density at radius 1 is 1.27 bits per heavy atom. The fourth-order valence-electron chi connectivity index (χ4n) is 2.51. The Bertz CT molecular complexity index is 998. The zero-order valence-electron chi connectivity index (χ0n) is 13.4. The predicted octanol–water partition coefficient (Wildman–Crippen LogP) is 4.96. The lowest BCUT2D eigenvalue weighted by Crippen LogP contribution is -2.17. The second-order valence-corrected chi connectivity index (χ2v) is 5.89. The van der Waals surface area contributed by atoms with Gasteiger partial charge in [0.2, 0.25) is 0 Å². The topological polar surface area (TPSA) is 46.4 Å². The highest BCUT2D eigenvalue weighted by Gasteiger charge is 2.31. The molecule has 0 fully saturated rings. The highest BCUT2D eigenvalue weighted by molar-refractivity contribution is 6.31. The van der Waals surface area contributed by atoms with Crippen LogP contribution in [0.15, 0.2) is 36.5 Å². The summed E-state index contributed by atoms with van der Waals surface area (Å²) in [4.78, 5) is 16.8. The number of halogens is 5. The van der Waals surface area contributed by atoms with Gasteiger partial charge < -0.3 is 5.32 Å². The number of nitrogens with zero attached hydrogens (tertiary/aromatic N) is 2. The second-order valence-electron chi connectivity index (χ2n) is 5.49. The van der Waals surface area contributed by atoms with Crippen LogP contribution in [-0.2, 0) is 12.6 Å². The number of alkyl halides is 3. The van der Waals surface area contributed by atoms with E-state index in [1.165, 1.54) is 18.2 Å². The average Bonchev–Trinajstić information content (AvgIpc) is 2.95. The SMILES string of the molecule is CCc1nc2ccc(C(F)(F)F)cn2c1C(=O)Nc1ccc(F)c(Cl)c1. The van der Waals surface area contributed by atoms with Crippen molar-refractivity contribution in [3.05, 3.63) is 64.3 Å². The lowest BCUT2D eigenvalue weighted by Gasteiger charge is -2.10. The van der Waals surface area contributed by atoms with Crippen LogP contribution in [-0.4, -0.2) is 15.3 Å². The number of anilines is 1. The van der Waals surface area contributed by atoms with Gasteiger partial charge in [-0.25, -0.2) is 9.37 Å². The molecular weight excluding hydrogens is 374 g/mol. The first-order chi connectivity index (χ1) is 12.2. The Kier molecular flexibility index (Phi) is 4.62. The molecule has 3 aromatic rings. The first kappa shape index (κ1) is 18.2. The van der Waals surface area contributed by atoms with Gasteiger partial charge in [-0.05, 0) is 36.8 Å². The van der Waals surface area contributed by atoms with Crippen LogP contribution in [0.5, 0.6) is 0 Å². The molecule has 1 amide bonds. The van der Waals surface area contributed by atoms with Crippen molar-refractivity contribution in [2.45, 2.75) is 19.5 Å². The quantitative estimate of drug-likeness (QED) is 0.648. The number of aryl methyl sites for hydroxylation is 1.